The third-order valence-corrected chi connectivity index (χ3v) is 5.84. The van der Waals surface area contributed by atoms with Crippen LogP contribution in [0.3, 0.4) is 0 Å². The molecule has 1 atom stereocenters. The Morgan fingerprint density at radius 3 is 2.76 bits per heavy atom. The number of benzene rings is 1. The zero-order chi connectivity index (χ0) is 20.6. The first-order chi connectivity index (χ1) is 13.8. The molecule has 1 aromatic carbocycles. The van der Waals surface area contributed by atoms with E-state index in [1.54, 1.807) is 17.0 Å². The Labute approximate surface area is 168 Å². The van der Waals surface area contributed by atoms with Gasteiger partial charge in [-0.2, -0.15) is 0 Å². The molecule has 0 radical (unpaired) electrons. The van der Waals surface area contributed by atoms with Crippen LogP contribution < -0.4 is 14.7 Å². The van der Waals surface area contributed by atoms with Gasteiger partial charge in [0.15, 0.2) is 0 Å². The van der Waals surface area contributed by atoms with Crippen LogP contribution in [0.5, 0.6) is 11.5 Å². The number of amides is 1. The van der Waals surface area contributed by atoms with E-state index in [0.717, 1.165) is 25.8 Å². The van der Waals surface area contributed by atoms with Crippen molar-refractivity contribution in [2.45, 2.75) is 50.6 Å². The van der Waals surface area contributed by atoms with E-state index in [4.69, 9.17) is 9.39 Å². The van der Waals surface area contributed by atoms with Crippen molar-refractivity contribution in [1.29, 1.82) is 0 Å². The maximum atomic E-state index is 12.4. The molecule has 1 unspecified atom stereocenters. The number of piperidine rings is 1. The zero-order valence-electron chi connectivity index (χ0n) is 16.2. The largest absolute Gasteiger partial charge is 0.669 e. The first-order valence-electron chi connectivity index (χ1n) is 10.2. The van der Waals surface area contributed by atoms with Crippen LogP contribution in [-0.2, 0) is 11.2 Å². The van der Waals surface area contributed by atoms with E-state index in [2.05, 4.69) is 5.32 Å². The summed E-state index contributed by atoms with van der Waals surface area (Å²) >= 11 is 0. The molecule has 3 aliphatic rings. The van der Waals surface area contributed by atoms with Crippen molar-refractivity contribution in [3.05, 3.63) is 23.3 Å². The molecule has 3 heterocycles. The monoisotopic (exact) mass is 405 g/mol. The third kappa shape index (κ3) is 4.34. The number of hydrogen-bond acceptors (Lipinski definition) is 7. The number of carbonyl (C=O) groups is 2. The fraction of sp³-hybridized carbons (Fsp3) is 0.579. The van der Waals surface area contributed by atoms with Gasteiger partial charge in [0.2, 0.25) is 5.91 Å². The molecule has 0 saturated carbocycles. The first kappa shape index (κ1) is 20.0. The predicted molar refractivity (Wildman–Crippen MR) is 104 cm³/mol. The highest BCUT2D eigenvalue weighted by Gasteiger charge is 2.36. The number of rotatable bonds is 5. The zero-order valence-corrected chi connectivity index (χ0v) is 16.2. The average molecular weight is 405 g/mol. The lowest BCUT2D eigenvalue weighted by Gasteiger charge is -2.41. The topological polar surface area (TPSA) is 129 Å². The van der Waals surface area contributed by atoms with Gasteiger partial charge in [0.1, 0.15) is 17.4 Å². The fourth-order valence-electron chi connectivity index (χ4n) is 4.17. The molecule has 2 fully saturated rings. The maximum Gasteiger partial charge on any atom is 0.430 e. The first-order valence-corrected chi connectivity index (χ1v) is 10.2. The molecule has 0 bridgehead atoms. The van der Waals surface area contributed by atoms with Crippen LogP contribution in [0.15, 0.2) is 12.1 Å². The summed E-state index contributed by atoms with van der Waals surface area (Å²) in [5.74, 6) is -1.14. The SMILES string of the molecule is O=C(O)c1c(OC2CN(C(=O)CC3CCCCN3)C2)ccc2c1O[B-](O)(O)CC2. The summed E-state index contributed by atoms with van der Waals surface area (Å²) in [6.45, 7) is -1.33. The Kier molecular flexibility index (Phi) is 5.41. The number of nitrogens with one attached hydrogen (secondary N) is 1. The normalized spacial score (nSPS) is 23.5. The van der Waals surface area contributed by atoms with Crippen LogP contribution in [0, 0.1) is 0 Å². The Balaban J connectivity index is 1.39. The number of fused-ring (bicyclic) bond motifs is 1. The van der Waals surface area contributed by atoms with E-state index in [9.17, 15) is 24.7 Å². The number of aromatic carboxylic acids is 1. The molecule has 1 aromatic rings. The molecule has 0 spiro atoms. The molecular formula is C19H26BN2O7-. The molecular weight excluding hydrogens is 379 g/mol. The van der Waals surface area contributed by atoms with E-state index in [0.29, 0.717) is 31.5 Å². The molecule has 1 amide bonds. The smallest absolute Gasteiger partial charge is 0.430 e. The molecule has 2 saturated heterocycles. The lowest BCUT2D eigenvalue weighted by atomic mass is 9.70. The minimum Gasteiger partial charge on any atom is -0.669 e. The Morgan fingerprint density at radius 1 is 1.28 bits per heavy atom. The Hall–Kier alpha value is -2.30. The highest BCUT2D eigenvalue weighted by molar-refractivity contribution is 6.59. The van der Waals surface area contributed by atoms with Gasteiger partial charge >= 0.3 is 12.7 Å². The number of carboxylic acids is 1. The van der Waals surface area contributed by atoms with Crippen LogP contribution in [0.25, 0.3) is 0 Å². The minimum absolute atomic E-state index is 0.0157. The molecule has 4 N–H and O–H groups in total. The summed E-state index contributed by atoms with van der Waals surface area (Å²) in [5, 5.41) is 32.6. The highest BCUT2D eigenvalue weighted by Crippen LogP contribution is 2.39. The second kappa shape index (κ2) is 7.85. The molecule has 158 valence electrons. The number of ether oxygens (including phenoxy) is 1. The van der Waals surface area contributed by atoms with E-state index < -0.39 is 12.7 Å². The van der Waals surface area contributed by atoms with Crippen molar-refractivity contribution in [3.8, 4) is 11.5 Å². The number of hydrogen-bond donors (Lipinski definition) is 4. The molecule has 0 aliphatic carbocycles. The van der Waals surface area contributed by atoms with Crippen molar-refractivity contribution < 1.29 is 34.1 Å². The van der Waals surface area contributed by atoms with Gasteiger partial charge in [0.05, 0.1) is 18.8 Å². The Bertz CT molecular complexity index is 804. The molecule has 3 aliphatic heterocycles. The lowest BCUT2D eigenvalue weighted by molar-refractivity contribution is -0.140. The molecule has 0 aromatic heterocycles. The molecule has 10 heteroatoms. The molecule has 9 nitrogen and oxygen atoms in total. The number of nitrogens with zero attached hydrogens (tertiary/aromatic N) is 1. The quantitative estimate of drug-likeness (QED) is 0.517. The number of carboxylic acid groups (broad SMARTS) is 1. The summed E-state index contributed by atoms with van der Waals surface area (Å²) in [6.07, 6.45) is 3.78. The standard InChI is InChI=1S/C19H26BN2O7/c23-16(9-13-3-1-2-8-21-13)22-10-14(11-22)28-15-5-4-12-6-7-20(26,27)29-18(12)17(15)19(24)25/h4-5,13-14,21,26-27H,1-3,6-11H2,(H,24,25)/q-1. The van der Waals surface area contributed by atoms with E-state index in [1.165, 1.54) is 0 Å². The van der Waals surface area contributed by atoms with E-state index in [1.807, 2.05) is 0 Å². The van der Waals surface area contributed by atoms with Gasteiger partial charge in [-0.15, -0.1) is 0 Å². The predicted octanol–water partition coefficient (Wildman–Crippen LogP) is 0.365. The second-order valence-electron chi connectivity index (χ2n) is 8.14. The van der Waals surface area contributed by atoms with Gasteiger partial charge in [0, 0.05) is 12.5 Å². The van der Waals surface area contributed by atoms with E-state index >= 15 is 0 Å². The highest BCUT2D eigenvalue weighted by atomic mass is 16.6. The van der Waals surface area contributed by atoms with Crippen LogP contribution in [-0.4, -0.2) is 70.5 Å². The summed E-state index contributed by atoms with van der Waals surface area (Å²) in [4.78, 5) is 25.9. The van der Waals surface area contributed by atoms with Gasteiger partial charge in [-0.1, -0.05) is 18.8 Å². The number of aryl methyl sites for hydroxylation is 1. The van der Waals surface area contributed by atoms with Crippen LogP contribution in [0.1, 0.15) is 41.6 Å². The van der Waals surface area contributed by atoms with Crippen molar-refractivity contribution in [1.82, 2.24) is 10.2 Å². The van der Waals surface area contributed by atoms with Crippen molar-refractivity contribution in [2.75, 3.05) is 19.6 Å². The molecule has 4 rings (SSSR count). The van der Waals surface area contributed by atoms with Gasteiger partial charge in [-0.3, -0.25) is 4.79 Å². The van der Waals surface area contributed by atoms with Crippen LogP contribution in [0.2, 0.25) is 6.32 Å². The van der Waals surface area contributed by atoms with Crippen LogP contribution in [0.4, 0.5) is 0 Å². The van der Waals surface area contributed by atoms with Gasteiger partial charge in [0.25, 0.3) is 0 Å². The summed E-state index contributed by atoms with van der Waals surface area (Å²) < 4.78 is 11.0. The lowest BCUT2D eigenvalue weighted by Crippen LogP contribution is -2.57. The van der Waals surface area contributed by atoms with Crippen molar-refractivity contribution in [2.24, 2.45) is 0 Å². The van der Waals surface area contributed by atoms with Crippen molar-refractivity contribution in [3.63, 3.8) is 0 Å². The maximum absolute atomic E-state index is 12.4. The van der Waals surface area contributed by atoms with E-state index in [-0.39, 0.29) is 41.4 Å². The minimum atomic E-state index is -3.08. The van der Waals surface area contributed by atoms with Gasteiger partial charge in [-0.05, 0) is 37.4 Å². The van der Waals surface area contributed by atoms with Crippen LogP contribution >= 0.6 is 0 Å². The third-order valence-electron chi connectivity index (χ3n) is 5.84. The number of likely N-dealkylation sites (tertiary alicyclic amines) is 1. The summed E-state index contributed by atoms with van der Waals surface area (Å²) in [7, 11) is 0. The van der Waals surface area contributed by atoms with Gasteiger partial charge in [-0.25, -0.2) is 4.79 Å². The van der Waals surface area contributed by atoms with Gasteiger partial charge < -0.3 is 34.8 Å². The summed E-state index contributed by atoms with van der Waals surface area (Å²) in [5.41, 5.74) is 0.383. The second-order valence-corrected chi connectivity index (χ2v) is 8.14. The Morgan fingerprint density at radius 2 is 2.07 bits per heavy atom. The number of carbonyl (C=O) groups excluding carboxylic acids is 1. The average Bonchev–Trinajstić information content (AvgIpc) is 2.63. The molecule has 29 heavy (non-hydrogen) atoms. The van der Waals surface area contributed by atoms with Crippen molar-refractivity contribution >= 4 is 18.6 Å². The summed E-state index contributed by atoms with van der Waals surface area (Å²) in [6, 6.07) is 3.47. The fourth-order valence-corrected chi connectivity index (χ4v) is 4.17.